The number of rotatable bonds is 11. The van der Waals surface area contributed by atoms with Crippen LogP contribution in [0.25, 0.3) is 0 Å². The number of carbonyl (C=O) groups excluding carboxylic acids is 2. The van der Waals surface area contributed by atoms with Crippen molar-refractivity contribution in [1.82, 2.24) is 0 Å². The second-order valence-electron chi connectivity index (χ2n) is 8.76. The zero-order valence-electron chi connectivity index (χ0n) is 25.7. The van der Waals surface area contributed by atoms with Crippen molar-refractivity contribution in [3.63, 3.8) is 0 Å². The maximum absolute atomic E-state index is 12.5. The number of methoxy groups -OCH3 is 2. The first kappa shape index (κ1) is 40.5. The fraction of sp³-hybridized carbons (Fsp3) is 0.375. The van der Waals surface area contributed by atoms with Gasteiger partial charge in [-0.1, -0.05) is 60.7 Å². The number of likely N-dealkylation sites (N-methyl/N-ethyl adjacent to an activating group) is 2. The third kappa shape index (κ3) is 12.4. The quantitative estimate of drug-likeness (QED) is 0.0664. The van der Waals surface area contributed by atoms with Gasteiger partial charge in [0.25, 0.3) is 0 Å². The Bertz CT molecular complexity index is 1120. The van der Waals surface area contributed by atoms with Gasteiger partial charge >= 0.3 is 0 Å². The zero-order chi connectivity index (χ0) is 30.8. The molecule has 0 spiro atoms. The van der Waals surface area contributed by atoms with Gasteiger partial charge in [0.05, 0.1) is 14.2 Å². The topological polar surface area (TPSA) is 58.6 Å². The molecule has 6 nitrogen and oxygen atoms in total. The number of halogens is 2. The fourth-order valence-electron chi connectivity index (χ4n) is 4.23. The third-order valence-electron chi connectivity index (χ3n) is 6.25. The Hall–Kier alpha value is -2.60. The van der Waals surface area contributed by atoms with Crippen molar-refractivity contribution in [3.8, 4) is 0 Å². The molecule has 0 aliphatic rings. The van der Waals surface area contributed by atoms with Crippen LogP contribution in [-0.4, -0.2) is 74.2 Å². The van der Waals surface area contributed by atoms with Gasteiger partial charge in [0, 0.05) is 43.4 Å². The number of alkyl halides is 2. The van der Waals surface area contributed by atoms with Crippen molar-refractivity contribution in [2.45, 2.75) is 39.8 Å². The monoisotopic (exact) mass is 692 g/mol. The molecule has 0 heterocycles. The van der Waals surface area contributed by atoms with Crippen molar-refractivity contribution in [2.24, 2.45) is 0 Å². The summed E-state index contributed by atoms with van der Waals surface area (Å²) in [6.07, 6.45) is 6.62. The number of benzene rings is 2. The summed E-state index contributed by atoms with van der Waals surface area (Å²) >= 11 is 9.28. The van der Waals surface area contributed by atoms with Crippen LogP contribution in [-0.2, 0) is 38.5 Å². The van der Waals surface area contributed by atoms with Gasteiger partial charge in [0.15, 0.2) is 24.0 Å². The summed E-state index contributed by atoms with van der Waals surface area (Å²) in [4.78, 5) is 24.9. The van der Waals surface area contributed by atoms with Crippen LogP contribution in [0.2, 0.25) is 0 Å². The minimum absolute atomic E-state index is 0. The Morgan fingerprint density at radius 3 is 1.12 bits per heavy atom. The fourth-order valence-corrected chi connectivity index (χ4v) is 4.23. The van der Waals surface area contributed by atoms with Gasteiger partial charge in [-0.15, -0.1) is 23.2 Å². The standard InChI is InChI=1S/C30H38N2O4.2CH3Cl.Ru/c1-21(33)27(23(3)35-7)19-31(5)29(25-15-11-9-12-16-25)30(26-17-13-10-14-18-26)32(6)20-28(22(2)34)24(4)36-8;2*1-2;/h9-20,29-30H,1-8H3;2*1H3;/q+2;;;/b27-23+,28-24+,31-19?,32-20?;;;. The van der Waals surface area contributed by atoms with Crippen LogP contribution < -0.4 is 0 Å². The first-order valence-corrected chi connectivity index (χ1v) is 14.1. The van der Waals surface area contributed by atoms with Crippen molar-refractivity contribution >= 4 is 47.2 Å². The first-order chi connectivity index (χ1) is 19.1. The molecular formula is C32H44Cl2N2O4Ru+2. The van der Waals surface area contributed by atoms with Crippen LogP contribution in [0, 0.1) is 0 Å². The molecule has 0 bridgehead atoms. The van der Waals surface area contributed by atoms with E-state index in [0.29, 0.717) is 22.7 Å². The Labute approximate surface area is 269 Å². The summed E-state index contributed by atoms with van der Waals surface area (Å²) in [5, 5.41) is 0. The number of ketones is 2. The van der Waals surface area contributed by atoms with Crippen molar-refractivity contribution in [3.05, 3.63) is 94.5 Å². The molecule has 0 aliphatic heterocycles. The minimum atomic E-state index is -0.218. The molecule has 0 N–H and O–H groups in total. The van der Waals surface area contributed by atoms with E-state index in [1.165, 1.54) is 26.6 Å². The molecule has 0 radical (unpaired) electrons. The number of ether oxygens (including phenoxy) is 2. The zero-order valence-corrected chi connectivity index (χ0v) is 29.0. The third-order valence-corrected chi connectivity index (χ3v) is 6.25. The minimum Gasteiger partial charge on any atom is -0.500 e. The van der Waals surface area contributed by atoms with Gasteiger partial charge < -0.3 is 9.47 Å². The van der Waals surface area contributed by atoms with Gasteiger partial charge in [0.2, 0.25) is 12.1 Å². The van der Waals surface area contributed by atoms with E-state index in [2.05, 4.69) is 47.5 Å². The van der Waals surface area contributed by atoms with Crippen molar-refractivity contribution in [1.29, 1.82) is 0 Å². The van der Waals surface area contributed by atoms with E-state index in [9.17, 15) is 9.59 Å². The molecule has 2 unspecified atom stereocenters. The average Bonchev–Trinajstić information content (AvgIpc) is 2.98. The maximum atomic E-state index is 12.5. The van der Waals surface area contributed by atoms with Crippen molar-refractivity contribution in [2.75, 3.05) is 41.1 Å². The Morgan fingerprint density at radius 2 is 0.902 bits per heavy atom. The summed E-state index contributed by atoms with van der Waals surface area (Å²) in [5.41, 5.74) is 3.11. The number of carbonyl (C=O) groups is 2. The van der Waals surface area contributed by atoms with Gasteiger partial charge in [-0.25, -0.2) is 9.15 Å². The number of nitrogens with zero attached hydrogens (tertiary/aromatic N) is 2. The molecule has 0 saturated heterocycles. The Morgan fingerprint density at radius 1 is 0.634 bits per heavy atom. The summed E-state index contributed by atoms with van der Waals surface area (Å²) < 4.78 is 14.9. The van der Waals surface area contributed by atoms with Gasteiger partial charge in [0.1, 0.15) is 36.8 Å². The summed E-state index contributed by atoms with van der Waals surface area (Å²) in [5.74, 6) is 0.938. The smallest absolute Gasteiger partial charge is 0.243 e. The molecule has 226 valence electrons. The van der Waals surface area contributed by atoms with Gasteiger partial charge in [-0.05, 0) is 27.7 Å². The van der Waals surface area contributed by atoms with E-state index in [-0.39, 0.29) is 43.1 Å². The summed E-state index contributed by atoms with van der Waals surface area (Å²) in [7, 11) is 7.03. The van der Waals surface area contributed by atoms with Gasteiger partial charge in [-0.3, -0.25) is 9.59 Å². The van der Waals surface area contributed by atoms with Gasteiger partial charge in [-0.2, -0.15) is 0 Å². The average molecular weight is 693 g/mol. The molecule has 2 aromatic rings. The Balaban J connectivity index is 0. The number of Topliss-reactive ketones (excluding diaryl/α,β-unsaturated/α-hetero) is 2. The second kappa shape index (κ2) is 22.1. The normalized spacial score (nSPS) is 13.8. The first-order valence-electron chi connectivity index (χ1n) is 12.6. The number of hydrogen-bond acceptors (Lipinski definition) is 4. The molecule has 2 aromatic carbocycles. The molecule has 2 rings (SSSR count). The van der Waals surface area contributed by atoms with Crippen LogP contribution in [0.3, 0.4) is 0 Å². The SMILES string of the molecule is CCl.CCl.CO/C(C)=C(\C=[N+](C)C(c1ccccc1)C(c1ccccc1)[N+](C)=C/C(C(C)=O)=C(/C)OC)C(C)=O.[Ru]. The Kier molecular flexibility index (Phi) is 21.8. The van der Waals surface area contributed by atoms with Crippen LogP contribution in [0.5, 0.6) is 0 Å². The molecule has 41 heavy (non-hydrogen) atoms. The van der Waals surface area contributed by atoms with E-state index in [0.717, 1.165) is 11.1 Å². The molecule has 2 atom stereocenters. The predicted molar refractivity (Wildman–Crippen MR) is 167 cm³/mol. The van der Waals surface area contributed by atoms with E-state index < -0.39 is 0 Å². The molecule has 0 aromatic heterocycles. The van der Waals surface area contributed by atoms with E-state index in [4.69, 9.17) is 9.47 Å². The number of allylic oxidation sites excluding steroid dienone is 4. The van der Waals surface area contributed by atoms with Crippen molar-refractivity contribution < 1.29 is 47.7 Å². The van der Waals surface area contributed by atoms with E-state index in [1.807, 2.05) is 72.1 Å². The van der Waals surface area contributed by atoms with Crippen LogP contribution in [0.15, 0.2) is 83.3 Å². The molecule has 0 saturated carbocycles. The van der Waals surface area contributed by atoms with Crippen LogP contribution >= 0.6 is 23.2 Å². The summed E-state index contributed by atoms with van der Waals surface area (Å²) in [6.45, 7) is 6.63. The second-order valence-corrected chi connectivity index (χ2v) is 8.76. The maximum Gasteiger partial charge on any atom is 0.243 e. The molecule has 0 amide bonds. The number of hydrogen-bond donors (Lipinski definition) is 0. The summed E-state index contributed by atoms with van der Waals surface area (Å²) in [6, 6.07) is 19.8. The molecule has 0 aliphatic carbocycles. The van der Waals surface area contributed by atoms with Crippen LogP contribution in [0.4, 0.5) is 0 Å². The van der Waals surface area contributed by atoms with E-state index >= 15 is 0 Å². The van der Waals surface area contributed by atoms with E-state index in [1.54, 1.807) is 28.1 Å². The molecule has 9 heteroatoms. The molecular weight excluding hydrogens is 648 g/mol. The predicted octanol–water partition coefficient (Wildman–Crippen LogP) is 6.62. The molecule has 0 fully saturated rings. The van der Waals surface area contributed by atoms with Crippen LogP contribution in [0.1, 0.15) is 50.9 Å². The largest absolute Gasteiger partial charge is 0.500 e.